The number of aromatic nitrogens is 1. The van der Waals surface area contributed by atoms with Crippen LogP contribution in [0.5, 0.6) is 0 Å². The van der Waals surface area contributed by atoms with Gasteiger partial charge in [0.1, 0.15) is 17.0 Å². The molecule has 4 nitrogen and oxygen atoms in total. The van der Waals surface area contributed by atoms with Gasteiger partial charge >= 0.3 is 0 Å². The maximum atomic E-state index is 13.7. The number of pyridine rings is 1. The van der Waals surface area contributed by atoms with Crippen molar-refractivity contribution in [3.63, 3.8) is 0 Å². The van der Waals surface area contributed by atoms with Gasteiger partial charge in [-0.3, -0.25) is 4.79 Å². The van der Waals surface area contributed by atoms with Crippen LogP contribution in [0.4, 0.5) is 4.39 Å². The van der Waals surface area contributed by atoms with Gasteiger partial charge in [-0.2, -0.15) is 0 Å². The molecule has 0 bridgehead atoms. The number of benzene rings is 1. The molecule has 1 aliphatic rings. The van der Waals surface area contributed by atoms with Crippen LogP contribution in [0, 0.1) is 5.82 Å². The zero-order valence-corrected chi connectivity index (χ0v) is 11.1. The maximum absolute atomic E-state index is 13.7. The highest BCUT2D eigenvalue weighted by atomic mass is 19.1. The Morgan fingerprint density at radius 1 is 1.25 bits per heavy atom. The molecule has 0 atom stereocenters. The lowest BCUT2D eigenvalue weighted by atomic mass is 10.1. The molecule has 5 heteroatoms. The molecule has 1 aromatic carbocycles. The van der Waals surface area contributed by atoms with Crippen LogP contribution in [-0.2, 0) is 0 Å². The summed E-state index contributed by atoms with van der Waals surface area (Å²) < 4.78 is 13.7. The highest BCUT2D eigenvalue weighted by Crippen LogP contribution is 2.18. The number of piperidine rings is 1. The average molecular weight is 273 g/mol. The minimum atomic E-state index is -0.405. The number of likely N-dealkylation sites (tertiary alicyclic amines) is 1. The number of rotatable bonds is 1. The minimum absolute atomic E-state index is 0.151. The maximum Gasteiger partial charge on any atom is 0.272 e. The number of hydrogen-bond acceptors (Lipinski definition) is 3. The zero-order valence-electron chi connectivity index (χ0n) is 11.1. The Balaban J connectivity index is 1.90. The molecule has 0 aliphatic carbocycles. The zero-order chi connectivity index (χ0) is 14.1. The van der Waals surface area contributed by atoms with Gasteiger partial charge in [0.05, 0.1) is 0 Å². The summed E-state index contributed by atoms with van der Waals surface area (Å²) in [6.45, 7) is 1.27. The molecule has 1 saturated heterocycles. The minimum Gasteiger partial charge on any atom is -0.337 e. The van der Waals surface area contributed by atoms with E-state index in [1.807, 2.05) is 0 Å². The molecule has 1 aromatic heterocycles. The second-order valence-corrected chi connectivity index (χ2v) is 5.14. The quantitative estimate of drug-likeness (QED) is 0.863. The SMILES string of the molecule is NC1CCN(C(=O)c2ccc3cccc(F)c3n2)CC1. The number of carbonyl (C=O) groups is 1. The molecule has 2 aromatic rings. The van der Waals surface area contributed by atoms with E-state index in [2.05, 4.69) is 4.98 Å². The lowest BCUT2D eigenvalue weighted by Gasteiger charge is -2.29. The number of amides is 1. The van der Waals surface area contributed by atoms with Gasteiger partial charge in [-0.1, -0.05) is 18.2 Å². The summed E-state index contributed by atoms with van der Waals surface area (Å²) in [5.41, 5.74) is 6.36. The van der Waals surface area contributed by atoms with Gasteiger partial charge in [0.15, 0.2) is 0 Å². The third-order valence-electron chi connectivity index (χ3n) is 3.72. The van der Waals surface area contributed by atoms with Crippen molar-refractivity contribution >= 4 is 16.8 Å². The molecule has 20 heavy (non-hydrogen) atoms. The molecule has 2 heterocycles. The largest absolute Gasteiger partial charge is 0.337 e. The van der Waals surface area contributed by atoms with Crippen molar-refractivity contribution < 1.29 is 9.18 Å². The number of para-hydroxylation sites is 1. The van der Waals surface area contributed by atoms with Crippen molar-refractivity contribution in [1.29, 1.82) is 0 Å². The first-order chi connectivity index (χ1) is 9.65. The first-order valence-corrected chi connectivity index (χ1v) is 6.75. The normalized spacial score (nSPS) is 16.6. The molecule has 1 amide bonds. The predicted octanol–water partition coefficient (Wildman–Crippen LogP) is 1.94. The van der Waals surface area contributed by atoms with Crippen LogP contribution < -0.4 is 5.73 Å². The van der Waals surface area contributed by atoms with Crippen LogP contribution in [0.2, 0.25) is 0 Å². The molecule has 1 aliphatic heterocycles. The Morgan fingerprint density at radius 3 is 2.75 bits per heavy atom. The highest BCUT2D eigenvalue weighted by molar-refractivity contribution is 5.95. The highest BCUT2D eigenvalue weighted by Gasteiger charge is 2.22. The summed E-state index contributed by atoms with van der Waals surface area (Å²) in [5.74, 6) is -0.556. The van der Waals surface area contributed by atoms with Gasteiger partial charge in [-0.25, -0.2) is 9.37 Å². The number of nitrogens with zero attached hydrogens (tertiary/aromatic N) is 2. The number of nitrogens with two attached hydrogens (primary N) is 1. The van der Waals surface area contributed by atoms with Gasteiger partial charge < -0.3 is 10.6 Å². The van der Waals surface area contributed by atoms with Gasteiger partial charge in [0.25, 0.3) is 5.91 Å². The van der Waals surface area contributed by atoms with Gasteiger partial charge in [-0.05, 0) is 25.0 Å². The topological polar surface area (TPSA) is 59.2 Å². The van der Waals surface area contributed by atoms with Crippen LogP contribution in [0.25, 0.3) is 10.9 Å². The average Bonchev–Trinajstić information content (AvgIpc) is 2.47. The van der Waals surface area contributed by atoms with Crippen LogP contribution >= 0.6 is 0 Å². The fourth-order valence-electron chi connectivity index (χ4n) is 2.49. The Bertz CT molecular complexity index is 651. The Morgan fingerprint density at radius 2 is 2.00 bits per heavy atom. The van der Waals surface area contributed by atoms with Crippen molar-refractivity contribution in [3.8, 4) is 0 Å². The number of fused-ring (bicyclic) bond motifs is 1. The summed E-state index contributed by atoms with van der Waals surface area (Å²) >= 11 is 0. The van der Waals surface area contributed by atoms with Crippen molar-refractivity contribution in [2.75, 3.05) is 13.1 Å². The van der Waals surface area contributed by atoms with Crippen LogP contribution in [0.3, 0.4) is 0 Å². The fourth-order valence-corrected chi connectivity index (χ4v) is 2.49. The molecule has 1 fully saturated rings. The van der Waals surface area contributed by atoms with Crippen molar-refractivity contribution in [3.05, 3.63) is 41.8 Å². The Kier molecular flexibility index (Phi) is 3.36. The predicted molar refractivity (Wildman–Crippen MR) is 74.8 cm³/mol. The van der Waals surface area contributed by atoms with E-state index in [0.29, 0.717) is 18.5 Å². The monoisotopic (exact) mass is 273 g/mol. The van der Waals surface area contributed by atoms with Gasteiger partial charge in [0, 0.05) is 24.5 Å². The van der Waals surface area contributed by atoms with E-state index in [-0.39, 0.29) is 23.2 Å². The van der Waals surface area contributed by atoms with Crippen molar-refractivity contribution in [2.24, 2.45) is 5.73 Å². The summed E-state index contributed by atoms with van der Waals surface area (Å²) in [5, 5.41) is 0.696. The first kappa shape index (κ1) is 13.0. The van der Waals surface area contributed by atoms with E-state index in [9.17, 15) is 9.18 Å². The van der Waals surface area contributed by atoms with E-state index in [1.165, 1.54) is 6.07 Å². The van der Waals surface area contributed by atoms with E-state index >= 15 is 0 Å². The van der Waals surface area contributed by atoms with Crippen molar-refractivity contribution in [2.45, 2.75) is 18.9 Å². The van der Waals surface area contributed by atoms with E-state index in [0.717, 1.165) is 12.8 Å². The summed E-state index contributed by atoms with van der Waals surface area (Å²) in [7, 11) is 0. The molecule has 0 spiro atoms. The standard InChI is InChI=1S/C15H16FN3O/c16-12-3-1-2-10-4-5-13(18-14(10)12)15(20)19-8-6-11(17)7-9-19/h1-5,11H,6-9,17H2. The van der Waals surface area contributed by atoms with Crippen LogP contribution in [-0.4, -0.2) is 34.9 Å². The Hall–Kier alpha value is -2.01. The first-order valence-electron chi connectivity index (χ1n) is 6.75. The van der Waals surface area contributed by atoms with Crippen LogP contribution in [0.15, 0.2) is 30.3 Å². The summed E-state index contributed by atoms with van der Waals surface area (Å²) in [4.78, 5) is 18.3. The smallest absolute Gasteiger partial charge is 0.272 e. The third-order valence-corrected chi connectivity index (χ3v) is 3.72. The molecular weight excluding hydrogens is 257 g/mol. The number of halogens is 1. The molecule has 104 valence electrons. The molecule has 0 radical (unpaired) electrons. The molecular formula is C15H16FN3O. The summed E-state index contributed by atoms with van der Waals surface area (Å²) in [6, 6.07) is 8.31. The van der Waals surface area contributed by atoms with E-state index in [1.54, 1.807) is 29.2 Å². The van der Waals surface area contributed by atoms with Gasteiger partial charge in [0.2, 0.25) is 0 Å². The molecule has 0 unspecified atom stereocenters. The second kappa shape index (κ2) is 5.17. The van der Waals surface area contributed by atoms with E-state index in [4.69, 9.17) is 5.73 Å². The number of carbonyl (C=O) groups excluding carboxylic acids is 1. The lowest BCUT2D eigenvalue weighted by molar-refractivity contribution is 0.0709. The van der Waals surface area contributed by atoms with Crippen molar-refractivity contribution in [1.82, 2.24) is 9.88 Å². The Labute approximate surface area is 116 Å². The summed E-state index contributed by atoms with van der Waals surface area (Å²) in [6.07, 6.45) is 1.60. The lowest BCUT2D eigenvalue weighted by Crippen LogP contribution is -2.43. The third kappa shape index (κ3) is 2.36. The van der Waals surface area contributed by atoms with Gasteiger partial charge in [-0.15, -0.1) is 0 Å². The second-order valence-electron chi connectivity index (χ2n) is 5.14. The number of hydrogen-bond donors (Lipinski definition) is 1. The fraction of sp³-hybridized carbons (Fsp3) is 0.333. The van der Waals surface area contributed by atoms with E-state index < -0.39 is 5.82 Å². The van der Waals surface area contributed by atoms with Crippen LogP contribution in [0.1, 0.15) is 23.3 Å². The molecule has 3 rings (SSSR count). The molecule has 0 saturated carbocycles. The molecule has 2 N–H and O–H groups in total.